The molecule has 0 aliphatic heterocycles. The Bertz CT molecular complexity index is 2200. The second-order valence-corrected chi connectivity index (χ2v) is 13.4. The van der Waals surface area contributed by atoms with Crippen LogP contribution in [0.25, 0.3) is 22.5 Å². The number of imidazole rings is 1. The van der Waals surface area contributed by atoms with E-state index in [0.717, 1.165) is 45.4 Å². The van der Waals surface area contributed by atoms with Gasteiger partial charge in [0.1, 0.15) is 22.7 Å². The quantitative estimate of drug-likeness (QED) is 0.138. The number of carbonyl (C=O) groups is 1. The van der Waals surface area contributed by atoms with Crippen LogP contribution in [0.4, 0.5) is 0 Å². The Morgan fingerprint density at radius 1 is 0.704 bits per heavy atom. The predicted octanol–water partition coefficient (Wildman–Crippen LogP) is 6.32. The number of nitrogens with zero attached hydrogens (tertiary/aromatic N) is 6. The molecule has 0 spiro atoms. The van der Waals surface area contributed by atoms with Gasteiger partial charge in [-0.05, 0) is 64.1 Å². The molecule has 0 radical (unpaired) electrons. The Hall–Kier alpha value is -6.27. The molecule has 0 aliphatic rings. The summed E-state index contributed by atoms with van der Waals surface area (Å²) in [5.41, 5.74) is 4.58. The zero-order valence-electron chi connectivity index (χ0n) is 30.4. The van der Waals surface area contributed by atoms with Crippen LogP contribution in [0.15, 0.2) is 140 Å². The summed E-state index contributed by atoms with van der Waals surface area (Å²) in [4.78, 5) is 17.1. The smallest absolute Gasteiger partial charge is 0.354 e. The Labute approximate surface area is 313 Å². The maximum Gasteiger partial charge on any atom is 0.354 e. The Balaban J connectivity index is 0.00000280. The van der Waals surface area contributed by atoms with Gasteiger partial charge >= 0.3 is 5.97 Å². The third kappa shape index (κ3) is 7.07. The first-order valence-corrected chi connectivity index (χ1v) is 17.4. The summed E-state index contributed by atoms with van der Waals surface area (Å²) in [6.07, 6.45) is 1.38. The van der Waals surface area contributed by atoms with E-state index in [4.69, 9.17) is 5.21 Å². The largest absolute Gasteiger partial charge is 0.477 e. The average molecular weight is 725 g/mol. The molecule has 0 saturated heterocycles. The molecular weight excluding hydrogens is 681 g/mol. The second kappa shape index (κ2) is 16.2. The number of aryl methyl sites for hydroxylation is 1. The molecule has 7 aromatic rings. The highest BCUT2D eigenvalue weighted by Gasteiger charge is 2.42. The zero-order chi connectivity index (χ0) is 36.3. The molecular formula is C43H44N6O5. The highest BCUT2D eigenvalue weighted by molar-refractivity contribution is 5.87. The van der Waals surface area contributed by atoms with Crippen molar-refractivity contribution in [2.45, 2.75) is 51.3 Å². The number of carboxylic acids is 1. The number of aliphatic hydroxyl groups is 1. The van der Waals surface area contributed by atoms with Crippen molar-refractivity contribution in [2.75, 3.05) is 0 Å². The molecule has 2 heterocycles. The van der Waals surface area contributed by atoms with E-state index in [9.17, 15) is 15.0 Å². The van der Waals surface area contributed by atoms with E-state index >= 15 is 0 Å². The van der Waals surface area contributed by atoms with Gasteiger partial charge < -0.3 is 25.7 Å². The van der Waals surface area contributed by atoms with Gasteiger partial charge in [0, 0.05) is 18.5 Å². The monoisotopic (exact) mass is 724 g/mol. The lowest BCUT2D eigenvalue weighted by Crippen LogP contribution is -2.39. The molecule has 5 aromatic carbocycles. The number of hydrogen-bond donors (Lipinski definition) is 2. The Morgan fingerprint density at radius 3 is 1.69 bits per heavy atom. The van der Waals surface area contributed by atoms with E-state index in [-0.39, 0.29) is 22.3 Å². The third-order valence-corrected chi connectivity index (χ3v) is 9.44. The number of benzene rings is 5. The molecule has 0 saturated carbocycles. The number of aromatic nitrogens is 6. The summed E-state index contributed by atoms with van der Waals surface area (Å²) in [7, 11) is 0. The summed E-state index contributed by atoms with van der Waals surface area (Å²) in [5, 5.41) is 34.7. The van der Waals surface area contributed by atoms with Crippen LogP contribution in [0.2, 0.25) is 0 Å². The first-order valence-electron chi connectivity index (χ1n) is 17.4. The Morgan fingerprint density at radius 2 is 1.20 bits per heavy atom. The molecule has 0 amide bonds. The first kappa shape index (κ1) is 38.9. The molecule has 0 fully saturated rings. The van der Waals surface area contributed by atoms with Crippen LogP contribution in [0.1, 0.15) is 71.5 Å². The molecule has 0 bridgehead atoms. The van der Waals surface area contributed by atoms with Gasteiger partial charge in [-0.1, -0.05) is 146 Å². The number of aromatic carboxylic acids is 1. The maximum atomic E-state index is 12.5. The summed E-state index contributed by atoms with van der Waals surface area (Å²) in [5.74, 6) is 0.119. The van der Waals surface area contributed by atoms with Crippen LogP contribution in [0.3, 0.4) is 0 Å². The van der Waals surface area contributed by atoms with Gasteiger partial charge in [0.15, 0.2) is 11.5 Å². The van der Waals surface area contributed by atoms with Gasteiger partial charge in [0.05, 0.1) is 0 Å². The van der Waals surface area contributed by atoms with Crippen molar-refractivity contribution in [3.05, 3.63) is 179 Å². The Kier molecular flexibility index (Phi) is 11.7. The lowest BCUT2D eigenvalue weighted by atomic mass is 9.77. The number of rotatable bonds is 12. The van der Waals surface area contributed by atoms with Crippen molar-refractivity contribution in [3.8, 4) is 22.5 Å². The van der Waals surface area contributed by atoms with Crippen molar-refractivity contribution >= 4 is 5.97 Å². The van der Waals surface area contributed by atoms with Crippen molar-refractivity contribution in [1.82, 2.24) is 29.8 Å². The third-order valence-electron chi connectivity index (χ3n) is 9.44. The van der Waals surface area contributed by atoms with Crippen LogP contribution in [-0.4, -0.2) is 56.9 Å². The molecule has 0 atom stereocenters. The fourth-order valence-corrected chi connectivity index (χ4v) is 7.12. The van der Waals surface area contributed by atoms with E-state index in [1.54, 1.807) is 18.4 Å². The average Bonchev–Trinajstić information content (AvgIpc) is 3.80. The van der Waals surface area contributed by atoms with Crippen molar-refractivity contribution in [3.63, 3.8) is 0 Å². The maximum absolute atomic E-state index is 12.5. The SMILES string of the molecule is CCCc1nc(C(C)(C)O)c(C(=O)O)n1Cc1ccc(-c2ccccc2-c2nnnn2C(c2ccccc2)(c2ccccc2)c2ccccc2)cc1.O.O. The molecule has 0 aliphatic carbocycles. The number of carboxylic acid groups (broad SMARTS) is 1. The molecule has 6 N–H and O–H groups in total. The standard InChI is InChI=1S/C43H40N6O3.2H2O/c1-4-16-37-44-39(42(2,3)52)38(41(50)51)48(37)29-30-25-27-31(28-26-30)35-23-14-15-24-36(35)40-45-46-47-49(40)43(32-17-8-5-9-18-32,33-19-10-6-11-20-33)34-21-12-7-13-22-34;;/h5-15,17-28,52H,4,16,29H2,1-3H3,(H,50,51);2*1H2. The van der Waals surface area contributed by atoms with E-state index in [0.29, 0.717) is 24.6 Å². The van der Waals surface area contributed by atoms with Gasteiger partial charge in [-0.25, -0.2) is 14.5 Å². The van der Waals surface area contributed by atoms with E-state index in [1.165, 1.54) is 0 Å². The summed E-state index contributed by atoms with van der Waals surface area (Å²) < 4.78 is 3.65. The molecule has 276 valence electrons. The van der Waals surface area contributed by atoms with Crippen LogP contribution in [0.5, 0.6) is 0 Å². The minimum Gasteiger partial charge on any atom is -0.477 e. The van der Waals surface area contributed by atoms with E-state index < -0.39 is 17.1 Å². The van der Waals surface area contributed by atoms with Gasteiger partial charge in [-0.15, -0.1) is 5.10 Å². The van der Waals surface area contributed by atoms with Crippen molar-refractivity contribution in [2.24, 2.45) is 0 Å². The van der Waals surface area contributed by atoms with E-state index in [1.807, 2.05) is 109 Å². The molecule has 11 heteroatoms. The fourth-order valence-electron chi connectivity index (χ4n) is 7.12. The highest BCUT2D eigenvalue weighted by atomic mass is 16.4. The molecule has 11 nitrogen and oxygen atoms in total. The van der Waals surface area contributed by atoms with Crippen LogP contribution < -0.4 is 0 Å². The van der Waals surface area contributed by atoms with Gasteiger partial charge in [0.2, 0.25) is 0 Å². The minimum absolute atomic E-state index is 0. The lowest BCUT2D eigenvalue weighted by molar-refractivity contribution is 0.0602. The summed E-state index contributed by atoms with van der Waals surface area (Å²) in [6, 6.07) is 47.1. The predicted molar refractivity (Wildman–Crippen MR) is 208 cm³/mol. The number of tetrazole rings is 1. The summed E-state index contributed by atoms with van der Waals surface area (Å²) >= 11 is 0. The molecule has 2 aromatic heterocycles. The number of hydrogen-bond acceptors (Lipinski definition) is 6. The topological polar surface area (TPSA) is 182 Å². The van der Waals surface area contributed by atoms with Crippen LogP contribution >= 0.6 is 0 Å². The van der Waals surface area contributed by atoms with Crippen molar-refractivity contribution < 1.29 is 26.0 Å². The fraction of sp³-hybridized carbons (Fsp3) is 0.186. The zero-order valence-corrected chi connectivity index (χ0v) is 30.4. The van der Waals surface area contributed by atoms with Gasteiger partial charge in [-0.3, -0.25) is 0 Å². The van der Waals surface area contributed by atoms with Crippen LogP contribution in [0, 0.1) is 0 Å². The normalized spacial score (nSPS) is 11.4. The highest BCUT2D eigenvalue weighted by Crippen LogP contribution is 2.43. The first-order chi connectivity index (χ1) is 25.2. The van der Waals surface area contributed by atoms with Crippen LogP contribution in [-0.2, 0) is 24.1 Å². The molecule has 7 rings (SSSR count). The van der Waals surface area contributed by atoms with Crippen molar-refractivity contribution in [1.29, 1.82) is 0 Å². The molecule has 54 heavy (non-hydrogen) atoms. The lowest BCUT2D eigenvalue weighted by Gasteiger charge is -2.36. The van der Waals surface area contributed by atoms with Gasteiger partial charge in [0.25, 0.3) is 0 Å². The molecule has 0 unspecified atom stereocenters. The summed E-state index contributed by atoms with van der Waals surface area (Å²) in [6.45, 7) is 5.45. The minimum atomic E-state index is -1.40. The second-order valence-electron chi connectivity index (χ2n) is 13.4. The van der Waals surface area contributed by atoms with E-state index in [2.05, 4.69) is 57.8 Å². The van der Waals surface area contributed by atoms with Gasteiger partial charge in [-0.2, -0.15) is 0 Å².